The van der Waals surface area contributed by atoms with Crippen LogP contribution in [0.15, 0.2) is 121 Å². The second-order valence-corrected chi connectivity index (χ2v) is 14.2. The van der Waals surface area contributed by atoms with Crippen LogP contribution in [0, 0.1) is 0 Å². The number of anilines is 2. The lowest BCUT2D eigenvalue weighted by Crippen LogP contribution is -2.01. The molecule has 0 aliphatic carbocycles. The average Bonchev–Trinajstić information content (AvgIpc) is 3.93. The van der Waals surface area contributed by atoms with Gasteiger partial charge in [-0.05, 0) is 48.5 Å². The summed E-state index contributed by atoms with van der Waals surface area (Å²) < 4.78 is 16.7. The number of hydrogen-bond donors (Lipinski definition) is 2. The van der Waals surface area contributed by atoms with Crippen LogP contribution in [-0.4, -0.2) is 17.9 Å². The molecular formula is C38H24N6S3. The zero-order chi connectivity index (χ0) is 31.2. The van der Waals surface area contributed by atoms with Crippen LogP contribution >= 0.6 is 34.4 Å². The number of rotatable bonds is 4. The summed E-state index contributed by atoms with van der Waals surface area (Å²) in [6, 6.07) is 42.5. The summed E-state index contributed by atoms with van der Waals surface area (Å²) in [5.41, 5.74) is 25.2. The minimum atomic E-state index is 0.536. The number of para-hydroxylation sites is 4. The van der Waals surface area contributed by atoms with E-state index in [1.54, 1.807) is 22.7 Å². The SMILES string of the molecule is Nc1c(N)c(-c2cc3c(s2)c2ccccc2n3-c2ccccc2)c2nsnc2c1-c1cc2c(s1)c1ccccc1n2-c1ccccc1. The molecule has 10 rings (SSSR count). The van der Waals surface area contributed by atoms with Gasteiger partial charge in [-0.2, -0.15) is 8.75 Å². The summed E-state index contributed by atoms with van der Waals surface area (Å²) in [5, 5.41) is 2.41. The van der Waals surface area contributed by atoms with Gasteiger partial charge in [-0.3, -0.25) is 0 Å². The average molecular weight is 661 g/mol. The molecule has 0 saturated heterocycles. The minimum Gasteiger partial charge on any atom is -0.396 e. The fourth-order valence-electron chi connectivity index (χ4n) is 6.96. The highest BCUT2D eigenvalue weighted by atomic mass is 32.1. The highest BCUT2D eigenvalue weighted by molar-refractivity contribution is 7.24. The van der Waals surface area contributed by atoms with Crippen molar-refractivity contribution in [3.8, 4) is 32.3 Å². The molecule has 0 saturated carbocycles. The van der Waals surface area contributed by atoms with Crippen LogP contribution in [0.1, 0.15) is 0 Å². The molecule has 5 heterocycles. The monoisotopic (exact) mass is 660 g/mol. The molecule has 9 heteroatoms. The Morgan fingerprint density at radius 1 is 0.468 bits per heavy atom. The van der Waals surface area contributed by atoms with E-state index in [1.807, 2.05) is 12.1 Å². The summed E-state index contributed by atoms with van der Waals surface area (Å²) in [5.74, 6) is 0. The van der Waals surface area contributed by atoms with E-state index in [0.717, 1.165) is 54.3 Å². The minimum absolute atomic E-state index is 0.536. The fraction of sp³-hybridized carbons (Fsp3) is 0. The zero-order valence-corrected chi connectivity index (χ0v) is 27.2. The van der Waals surface area contributed by atoms with Crippen LogP contribution in [0.2, 0.25) is 0 Å². The van der Waals surface area contributed by atoms with Gasteiger partial charge >= 0.3 is 0 Å². The van der Waals surface area contributed by atoms with Gasteiger partial charge in [-0.15, -0.1) is 22.7 Å². The second-order valence-electron chi connectivity index (χ2n) is 11.6. The van der Waals surface area contributed by atoms with Crippen molar-refractivity contribution in [3.63, 3.8) is 0 Å². The molecule has 0 aliphatic rings. The first kappa shape index (κ1) is 26.7. The molecule has 0 fully saturated rings. The van der Waals surface area contributed by atoms with Gasteiger partial charge in [0.05, 0.1) is 54.6 Å². The molecule has 6 nitrogen and oxygen atoms in total. The van der Waals surface area contributed by atoms with E-state index in [0.29, 0.717) is 11.4 Å². The maximum absolute atomic E-state index is 7.02. The second kappa shape index (κ2) is 10.0. The van der Waals surface area contributed by atoms with Crippen molar-refractivity contribution >= 4 is 99.0 Å². The lowest BCUT2D eigenvalue weighted by atomic mass is 10.0. The van der Waals surface area contributed by atoms with Gasteiger partial charge in [-0.25, -0.2) is 0 Å². The molecule has 224 valence electrons. The maximum Gasteiger partial charge on any atom is 0.116 e. The highest BCUT2D eigenvalue weighted by Crippen LogP contribution is 2.51. The summed E-state index contributed by atoms with van der Waals surface area (Å²) in [6.45, 7) is 0. The van der Waals surface area contributed by atoms with Crippen molar-refractivity contribution in [1.82, 2.24) is 17.9 Å². The number of thiophene rings is 2. The van der Waals surface area contributed by atoms with Crippen LogP contribution in [0.3, 0.4) is 0 Å². The quantitative estimate of drug-likeness (QED) is 0.184. The smallest absolute Gasteiger partial charge is 0.116 e. The van der Waals surface area contributed by atoms with E-state index < -0.39 is 0 Å². The van der Waals surface area contributed by atoms with Crippen molar-refractivity contribution in [2.75, 3.05) is 11.5 Å². The fourth-order valence-corrected chi connectivity index (χ4v) is 9.99. The molecule has 0 amide bonds. The number of aromatic nitrogens is 4. The van der Waals surface area contributed by atoms with Gasteiger partial charge in [0, 0.05) is 43.0 Å². The molecule has 0 radical (unpaired) electrons. The maximum atomic E-state index is 7.02. The van der Waals surface area contributed by atoms with Gasteiger partial charge in [0.1, 0.15) is 11.0 Å². The number of hydrogen-bond acceptors (Lipinski definition) is 7. The van der Waals surface area contributed by atoms with Crippen LogP contribution in [-0.2, 0) is 0 Å². The predicted molar refractivity (Wildman–Crippen MR) is 202 cm³/mol. The van der Waals surface area contributed by atoms with E-state index in [4.69, 9.17) is 20.2 Å². The van der Waals surface area contributed by atoms with Crippen molar-refractivity contribution < 1.29 is 0 Å². The molecule has 4 N–H and O–H groups in total. The van der Waals surface area contributed by atoms with E-state index in [9.17, 15) is 0 Å². The van der Waals surface area contributed by atoms with Gasteiger partial charge < -0.3 is 20.6 Å². The Balaban J connectivity index is 1.21. The molecule has 0 aliphatic heterocycles. The molecule has 0 unspecified atom stereocenters. The van der Waals surface area contributed by atoms with Crippen LogP contribution in [0.5, 0.6) is 0 Å². The predicted octanol–water partition coefficient (Wildman–Crippen LogP) is 10.5. The molecule has 0 spiro atoms. The Labute approximate surface area is 280 Å². The zero-order valence-electron chi connectivity index (χ0n) is 24.7. The van der Waals surface area contributed by atoms with E-state index >= 15 is 0 Å². The number of benzene rings is 5. The Morgan fingerprint density at radius 2 is 0.872 bits per heavy atom. The Hall–Kier alpha value is -5.48. The summed E-state index contributed by atoms with van der Waals surface area (Å²) in [4.78, 5) is 2.05. The molecule has 0 atom stereocenters. The Bertz CT molecular complexity index is 2630. The summed E-state index contributed by atoms with van der Waals surface area (Å²) >= 11 is 4.65. The summed E-state index contributed by atoms with van der Waals surface area (Å²) in [7, 11) is 0. The third-order valence-electron chi connectivity index (χ3n) is 9.00. The highest BCUT2D eigenvalue weighted by Gasteiger charge is 2.26. The normalized spacial score (nSPS) is 12.0. The van der Waals surface area contributed by atoms with Crippen LogP contribution in [0.4, 0.5) is 11.4 Å². The molecule has 5 aromatic carbocycles. The van der Waals surface area contributed by atoms with Gasteiger partial charge in [0.25, 0.3) is 0 Å². The standard InChI is InChI=1S/C38H24N6S3/c39-33-31(29-19-27-37(45-29)23-15-7-9-17-25(23)43(27)21-11-3-1-4-12-21)35-36(42-47-41-35)32(34(33)40)30-20-28-38(46-30)24-16-8-10-18-26(24)44(28)22-13-5-2-6-14-22/h1-20H,39-40H2. The number of nitrogens with two attached hydrogens (primary N) is 2. The van der Waals surface area contributed by atoms with E-state index in [2.05, 4.69) is 118 Å². The number of nitrogens with zero attached hydrogens (tertiary/aromatic N) is 4. The molecular weight excluding hydrogens is 637 g/mol. The lowest BCUT2D eigenvalue weighted by molar-refractivity contribution is 1.18. The Morgan fingerprint density at radius 3 is 1.32 bits per heavy atom. The molecule has 0 bridgehead atoms. The number of nitrogen functional groups attached to an aromatic ring is 2. The van der Waals surface area contributed by atoms with Gasteiger partial charge in [0.15, 0.2) is 0 Å². The first-order valence-corrected chi connectivity index (χ1v) is 17.5. The number of fused-ring (bicyclic) bond motifs is 7. The van der Waals surface area contributed by atoms with E-state index in [1.165, 1.54) is 42.9 Å². The van der Waals surface area contributed by atoms with E-state index in [-0.39, 0.29) is 0 Å². The third-order valence-corrected chi connectivity index (χ3v) is 11.9. The van der Waals surface area contributed by atoms with Crippen LogP contribution < -0.4 is 11.5 Å². The first-order chi connectivity index (χ1) is 23.2. The first-order valence-electron chi connectivity index (χ1n) is 15.2. The molecule has 47 heavy (non-hydrogen) atoms. The van der Waals surface area contributed by atoms with Crippen LogP contribution in [0.25, 0.3) is 85.5 Å². The molecule has 5 aromatic heterocycles. The Kier molecular flexibility index (Phi) is 5.69. The van der Waals surface area contributed by atoms with Crippen molar-refractivity contribution in [2.45, 2.75) is 0 Å². The molecule has 10 aromatic rings. The van der Waals surface area contributed by atoms with Gasteiger partial charge in [-0.1, -0.05) is 72.8 Å². The topological polar surface area (TPSA) is 87.7 Å². The summed E-state index contributed by atoms with van der Waals surface area (Å²) in [6.07, 6.45) is 0. The van der Waals surface area contributed by atoms with Crippen molar-refractivity contribution in [1.29, 1.82) is 0 Å². The largest absolute Gasteiger partial charge is 0.396 e. The van der Waals surface area contributed by atoms with Crippen molar-refractivity contribution in [2.24, 2.45) is 0 Å². The van der Waals surface area contributed by atoms with Gasteiger partial charge in [0.2, 0.25) is 0 Å². The third kappa shape index (κ3) is 3.76. The lowest BCUT2D eigenvalue weighted by Gasteiger charge is -2.13. The van der Waals surface area contributed by atoms with Crippen molar-refractivity contribution in [3.05, 3.63) is 121 Å².